The van der Waals surface area contributed by atoms with Crippen molar-refractivity contribution in [3.8, 4) is 0 Å². The quantitative estimate of drug-likeness (QED) is 0.0512. The second-order valence-electron chi connectivity index (χ2n) is 10.7. The molecule has 42 heavy (non-hydrogen) atoms. The molecular formula is C30H66Na2O8S2. The van der Waals surface area contributed by atoms with Crippen molar-refractivity contribution in [1.82, 2.24) is 0 Å². The Morgan fingerprint density at radius 3 is 0.905 bits per heavy atom. The minimum absolute atomic E-state index is 0. The standard InChI is InChI=1S/C18H38O4S.C12H25.2Na.H2O4S.H/c1-2-3-4-5-6-7-8-9-10-11-12-13-14-15-16-17-18-22-23(19,20)21;1-3-5-7-9-11-12-10-8-6-4-2;;;1-5(2,3)4;/h2-18H2,1H3,(H,19,20,21);1,3-12H2,2H3;;;(H2,1,2,3,4);/q;-1;2*+1;;-1. The van der Waals surface area contributed by atoms with Gasteiger partial charge in [0.2, 0.25) is 0 Å². The molecule has 0 bridgehead atoms. The first kappa shape index (κ1) is 53.2. The Kier molecular flexibility index (Phi) is 54.2. The van der Waals surface area contributed by atoms with Gasteiger partial charge in [-0.2, -0.15) is 23.3 Å². The summed E-state index contributed by atoms with van der Waals surface area (Å²) in [4.78, 5) is 0. The molecule has 8 nitrogen and oxygen atoms in total. The van der Waals surface area contributed by atoms with Gasteiger partial charge in [-0.3, -0.25) is 13.7 Å². The van der Waals surface area contributed by atoms with Gasteiger partial charge in [0.1, 0.15) is 0 Å². The second-order valence-corrected chi connectivity index (χ2v) is 12.7. The third-order valence-electron chi connectivity index (χ3n) is 6.58. The SMILES string of the molecule is CCCCCCCCCCCCCCCCCCOS(=O)(=O)O.O=S(=O)(O)O.[CH2-]CCCCCCCCCCC.[H-].[Na+].[Na+]. The van der Waals surface area contributed by atoms with E-state index in [0.29, 0.717) is 6.42 Å². The zero-order valence-electron chi connectivity index (χ0n) is 29.0. The van der Waals surface area contributed by atoms with Gasteiger partial charge in [0.05, 0.1) is 6.61 Å². The topological polar surface area (TPSA) is 138 Å². The van der Waals surface area contributed by atoms with E-state index in [4.69, 9.17) is 22.1 Å². The van der Waals surface area contributed by atoms with E-state index in [-0.39, 0.29) is 67.1 Å². The van der Waals surface area contributed by atoms with Crippen molar-refractivity contribution >= 4 is 20.8 Å². The molecule has 248 valence electrons. The second kappa shape index (κ2) is 42.7. The molecule has 0 radical (unpaired) electrons. The van der Waals surface area contributed by atoms with Gasteiger partial charge in [-0.05, 0) is 6.42 Å². The van der Waals surface area contributed by atoms with Gasteiger partial charge < -0.3 is 8.35 Å². The Morgan fingerprint density at radius 1 is 0.476 bits per heavy atom. The molecule has 0 aromatic rings. The summed E-state index contributed by atoms with van der Waals surface area (Å²) in [5, 5.41) is 0. The summed E-state index contributed by atoms with van der Waals surface area (Å²) in [5.41, 5.74) is 0. The zero-order chi connectivity index (χ0) is 30.8. The summed E-state index contributed by atoms with van der Waals surface area (Å²) in [6, 6.07) is 0. The molecule has 0 rings (SSSR count). The molecule has 0 aliphatic rings. The summed E-state index contributed by atoms with van der Waals surface area (Å²) in [6.07, 6.45) is 34.4. The summed E-state index contributed by atoms with van der Waals surface area (Å²) in [7, 11) is -8.91. The Labute approximate surface area is 307 Å². The fourth-order valence-corrected chi connectivity index (χ4v) is 4.63. The molecule has 0 amide bonds. The first-order valence-corrected chi connectivity index (χ1v) is 18.8. The minimum Gasteiger partial charge on any atom is -1.00 e. The van der Waals surface area contributed by atoms with Gasteiger partial charge in [0.25, 0.3) is 0 Å². The molecule has 12 heteroatoms. The van der Waals surface area contributed by atoms with E-state index in [2.05, 4.69) is 25.0 Å². The maximum Gasteiger partial charge on any atom is 1.00 e. The Morgan fingerprint density at radius 2 is 0.690 bits per heavy atom. The fourth-order valence-electron chi connectivity index (χ4n) is 4.30. The monoisotopic (exact) mass is 664 g/mol. The molecule has 0 unspecified atom stereocenters. The van der Waals surface area contributed by atoms with E-state index >= 15 is 0 Å². The van der Waals surface area contributed by atoms with Gasteiger partial charge in [-0.1, -0.05) is 168 Å². The van der Waals surface area contributed by atoms with Crippen molar-refractivity contribution in [3.63, 3.8) is 0 Å². The van der Waals surface area contributed by atoms with Crippen LogP contribution in [0.1, 0.15) is 182 Å². The summed E-state index contributed by atoms with van der Waals surface area (Å²) in [5.74, 6) is 0. The molecule has 0 saturated heterocycles. The molecule has 0 spiro atoms. The molecule has 0 aromatic carbocycles. The van der Waals surface area contributed by atoms with E-state index in [0.717, 1.165) is 19.3 Å². The largest absolute Gasteiger partial charge is 1.00 e. The van der Waals surface area contributed by atoms with E-state index < -0.39 is 20.8 Å². The van der Waals surface area contributed by atoms with Crippen LogP contribution in [0.25, 0.3) is 0 Å². The predicted octanol–water partition coefficient (Wildman–Crippen LogP) is 4.28. The minimum atomic E-state index is -4.67. The molecule has 0 atom stereocenters. The first-order valence-electron chi connectivity index (χ1n) is 16.1. The van der Waals surface area contributed by atoms with Gasteiger partial charge in [-0.25, -0.2) is 4.18 Å². The molecule has 0 aliphatic carbocycles. The van der Waals surface area contributed by atoms with Gasteiger partial charge in [0, 0.05) is 0 Å². The number of hydrogen-bond acceptors (Lipinski definition) is 5. The maximum atomic E-state index is 10.3. The zero-order valence-corrected chi connectivity index (χ0v) is 33.6. The van der Waals surface area contributed by atoms with Crippen molar-refractivity contribution in [1.29, 1.82) is 0 Å². The molecule has 0 fully saturated rings. The van der Waals surface area contributed by atoms with Crippen molar-refractivity contribution in [2.24, 2.45) is 0 Å². The van der Waals surface area contributed by atoms with Crippen molar-refractivity contribution in [2.45, 2.75) is 181 Å². The van der Waals surface area contributed by atoms with E-state index in [9.17, 15) is 8.42 Å². The van der Waals surface area contributed by atoms with Gasteiger partial charge >= 0.3 is 79.9 Å². The molecule has 0 aliphatic heterocycles. The first-order chi connectivity index (χ1) is 19.0. The Hall–Kier alpha value is 1.74. The molecule has 3 N–H and O–H groups in total. The van der Waals surface area contributed by atoms with E-state index in [1.54, 1.807) is 0 Å². The van der Waals surface area contributed by atoms with Crippen molar-refractivity contribution in [2.75, 3.05) is 6.61 Å². The van der Waals surface area contributed by atoms with Crippen LogP contribution in [0.5, 0.6) is 0 Å². The Balaban J connectivity index is -0.000000144. The number of rotatable bonds is 27. The van der Waals surface area contributed by atoms with Crippen LogP contribution in [-0.2, 0) is 25.0 Å². The number of unbranched alkanes of at least 4 members (excludes halogenated alkanes) is 24. The van der Waals surface area contributed by atoms with Crippen LogP contribution in [0.3, 0.4) is 0 Å². The average Bonchev–Trinajstić information content (AvgIpc) is 2.86. The van der Waals surface area contributed by atoms with Crippen LogP contribution >= 0.6 is 0 Å². The van der Waals surface area contributed by atoms with Crippen LogP contribution in [0.15, 0.2) is 0 Å². The van der Waals surface area contributed by atoms with Crippen LogP contribution in [0.2, 0.25) is 0 Å². The normalized spacial score (nSPS) is 10.9. The van der Waals surface area contributed by atoms with Crippen LogP contribution < -0.4 is 59.1 Å². The van der Waals surface area contributed by atoms with E-state index in [1.807, 2.05) is 0 Å². The Bertz CT molecular complexity index is 668. The van der Waals surface area contributed by atoms with Gasteiger partial charge in [-0.15, -0.1) is 0 Å². The van der Waals surface area contributed by atoms with Crippen LogP contribution in [-0.4, -0.2) is 37.1 Å². The van der Waals surface area contributed by atoms with Gasteiger partial charge in [0.15, 0.2) is 0 Å². The van der Waals surface area contributed by atoms with Crippen molar-refractivity contribution < 1.29 is 95.2 Å². The smallest absolute Gasteiger partial charge is 1.00 e. The van der Waals surface area contributed by atoms with Crippen molar-refractivity contribution in [3.05, 3.63) is 6.92 Å². The predicted molar refractivity (Wildman–Crippen MR) is 170 cm³/mol. The average molecular weight is 665 g/mol. The summed E-state index contributed by atoms with van der Waals surface area (Å²) in [6.45, 7) is 8.47. The summed E-state index contributed by atoms with van der Waals surface area (Å²) >= 11 is 0. The third-order valence-corrected chi connectivity index (χ3v) is 7.05. The summed E-state index contributed by atoms with van der Waals surface area (Å²) < 4.78 is 64.9. The molecule has 0 heterocycles. The van der Waals surface area contributed by atoms with Crippen LogP contribution in [0.4, 0.5) is 0 Å². The molecular weight excluding hydrogens is 598 g/mol. The fraction of sp³-hybridized carbons (Fsp3) is 0.967. The maximum absolute atomic E-state index is 10.3. The van der Waals surface area contributed by atoms with E-state index in [1.165, 1.54) is 141 Å². The van der Waals surface area contributed by atoms with Crippen LogP contribution in [0, 0.1) is 6.92 Å². The number of hydrogen-bond donors (Lipinski definition) is 3. The molecule has 0 saturated carbocycles. The molecule has 0 aromatic heterocycles. The third kappa shape index (κ3) is 73.3.